The number of carbonyl (C=O) groups excluding carboxylic acids is 1. The van der Waals surface area contributed by atoms with Crippen LogP contribution in [0, 0.1) is 13.8 Å². The van der Waals surface area contributed by atoms with E-state index in [4.69, 9.17) is 4.74 Å². The summed E-state index contributed by atoms with van der Waals surface area (Å²) in [5.74, 6) is 0.333. The molecule has 2 N–H and O–H groups in total. The van der Waals surface area contributed by atoms with Crippen LogP contribution in [0.25, 0.3) is 0 Å². The average Bonchev–Trinajstić information content (AvgIpc) is 2.47. The molecule has 2 heterocycles. The summed E-state index contributed by atoms with van der Waals surface area (Å²) in [7, 11) is 0. The fourth-order valence-electron chi connectivity index (χ4n) is 2.12. The van der Waals surface area contributed by atoms with Crippen LogP contribution in [0.5, 0.6) is 5.75 Å². The monoisotopic (exact) mass is 301 g/mol. The molecule has 2 aromatic rings. The van der Waals surface area contributed by atoms with E-state index in [1.165, 1.54) is 0 Å². The van der Waals surface area contributed by atoms with E-state index in [9.17, 15) is 9.59 Å². The topological polar surface area (TPSA) is 84.1 Å². The number of rotatable bonds is 6. The molecule has 2 rings (SSSR count). The number of hydrogen-bond donors (Lipinski definition) is 2. The Labute approximate surface area is 128 Å². The van der Waals surface area contributed by atoms with Crippen molar-refractivity contribution in [3.8, 4) is 5.75 Å². The van der Waals surface area contributed by atoms with E-state index < -0.39 is 0 Å². The molecule has 2 aromatic heterocycles. The molecular weight excluding hydrogens is 282 g/mol. The standard InChI is InChI=1S/C16H19N3O3/c1-11-9-12(2)19-16(21)14(11)15(20)18-7-4-8-22-13-5-3-6-17-10-13/h3,5-6,9-10H,4,7-8H2,1-2H3,(H,18,20)(H,19,21). The van der Waals surface area contributed by atoms with Gasteiger partial charge in [0.1, 0.15) is 11.3 Å². The van der Waals surface area contributed by atoms with Gasteiger partial charge in [0.2, 0.25) is 0 Å². The summed E-state index contributed by atoms with van der Waals surface area (Å²) in [6.07, 6.45) is 3.95. The Morgan fingerprint density at radius 2 is 2.23 bits per heavy atom. The first kappa shape index (κ1) is 15.8. The highest BCUT2D eigenvalue weighted by Crippen LogP contribution is 2.06. The summed E-state index contributed by atoms with van der Waals surface area (Å²) in [6.45, 7) is 4.44. The molecule has 116 valence electrons. The highest BCUT2D eigenvalue weighted by atomic mass is 16.5. The van der Waals surface area contributed by atoms with Gasteiger partial charge in [0.15, 0.2) is 0 Å². The first-order chi connectivity index (χ1) is 10.6. The molecule has 0 saturated heterocycles. The molecule has 1 amide bonds. The Balaban J connectivity index is 1.80. The van der Waals surface area contributed by atoms with Crippen LogP contribution in [0.15, 0.2) is 35.4 Å². The molecule has 0 bridgehead atoms. The summed E-state index contributed by atoms with van der Waals surface area (Å²) in [6, 6.07) is 5.40. The van der Waals surface area contributed by atoms with Crippen LogP contribution >= 0.6 is 0 Å². The number of amides is 1. The molecule has 0 aliphatic carbocycles. The van der Waals surface area contributed by atoms with Crippen molar-refractivity contribution in [2.75, 3.05) is 13.2 Å². The summed E-state index contributed by atoms with van der Waals surface area (Å²) >= 11 is 0. The molecule has 0 unspecified atom stereocenters. The zero-order valence-corrected chi connectivity index (χ0v) is 12.7. The SMILES string of the molecule is Cc1cc(C)c(C(=O)NCCCOc2cccnc2)c(=O)[nH]1. The lowest BCUT2D eigenvalue weighted by molar-refractivity contribution is 0.0949. The number of hydrogen-bond acceptors (Lipinski definition) is 4. The lowest BCUT2D eigenvalue weighted by Gasteiger charge is -2.08. The van der Waals surface area contributed by atoms with Crippen molar-refractivity contribution < 1.29 is 9.53 Å². The Hall–Kier alpha value is -2.63. The molecule has 0 spiro atoms. The number of ether oxygens (including phenoxy) is 1. The molecular formula is C16H19N3O3. The number of aryl methyl sites for hydroxylation is 2. The largest absolute Gasteiger partial charge is 0.492 e. The van der Waals surface area contributed by atoms with Gasteiger partial charge in [-0.3, -0.25) is 14.6 Å². The van der Waals surface area contributed by atoms with E-state index >= 15 is 0 Å². The van der Waals surface area contributed by atoms with Crippen molar-refractivity contribution in [3.63, 3.8) is 0 Å². The van der Waals surface area contributed by atoms with Gasteiger partial charge in [-0.25, -0.2) is 0 Å². The Kier molecular flexibility index (Phi) is 5.30. The van der Waals surface area contributed by atoms with E-state index in [0.717, 1.165) is 5.69 Å². The molecule has 0 saturated carbocycles. The number of carbonyl (C=O) groups is 1. The molecule has 0 atom stereocenters. The predicted molar refractivity (Wildman–Crippen MR) is 83.2 cm³/mol. The molecule has 0 fully saturated rings. The van der Waals surface area contributed by atoms with E-state index in [1.54, 1.807) is 38.4 Å². The number of H-pyrrole nitrogens is 1. The normalized spacial score (nSPS) is 10.3. The molecule has 0 radical (unpaired) electrons. The van der Waals surface area contributed by atoms with Crippen LogP contribution in [0.3, 0.4) is 0 Å². The molecule has 6 heteroatoms. The van der Waals surface area contributed by atoms with Gasteiger partial charge in [-0.2, -0.15) is 0 Å². The zero-order valence-electron chi connectivity index (χ0n) is 12.7. The first-order valence-electron chi connectivity index (χ1n) is 7.09. The second-order valence-electron chi connectivity index (χ2n) is 4.99. The lowest BCUT2D eigenvalue weighted by atomic mass is 10.1. The molecule has 0 aliphatic rings. The number of nitrogens with one attached hydrogen (secondary N) is 2. The van der Waals surface area contributed by atoms with Gasteiger partial charge in [0, 0.05) is 18.4 Å². The molecule has 0 aromatic carbocycles. The van der Waals surface area contributed by atoms with Crippen LogP contribution in [0.4, 0.5) is 0 Å². The van der Waals surface area contributed by atoms with E-state index in [1.807, 2.05) is 6.07 Å². The Bertz CT molecular complexity index is 696. The summed E-state index contributed by atoms with van der Waals surface area (Å²) in [5.41, 5.74) is 1.22. The third kappa shape index (κ3) is 4.18. The fourth-order valence-corrected chi connectivity index (χ4v) is 2.12. The minimum atomic E-state index is -0.361. The van der Waals surface area contributed by atoms with Gasteiger partial charge >= 0.3 is 0 Å². The number of aromatic amines is 1. The van der Waals surface area contributed by atoms with Gasteiger partial charge in [-0.1, -0.05) is 0 Å². The maximum Gasteiger partial charge on any atom is 0.261 e. The highest BCUT2D eigenvalue weighted by molar-refractivity contribution is 5.95. The van der Waals surface area contributed by atoms with Gasteiger partial charge in [-0.15, -0.1) is 0 Å². The van der Waals surface area contributed by atoms with Crippen molar-refractivity contribution >= 4 is 5.91 Å². The van der Waals surface area contributed by atoms with Crippen molar-refractivity contribution in [3.05, 3.63) is 57.8 Å². The third-order valence-electron chi connectivity index (χ3n) is 3.10. The van der Waals surface area contributed by atoms with Gasteiger partial charge in [0.25, 0.3) is 11.5 Å². The van der Waals surface area contributed by atoms with Crippen LogP contribution in [0.2, 0.25) is 0 Å². The van der Waals surface area contributed by atoms with E-state index in [-0.39, 0.29) is 17.0 Å². The first-order valence-corrected chi connectivity index (χ1v) is 7.09. The van der Waals surface area contributed by atoms with Crippen LogP contribution in [-0.4, -0.2) is 29.0 Å². The second kappa shape index (κ2) is 7.40. The summed E-state index contributed by atoms with van der Waals surface area (Å²) in [5, 5.41) is 2.73. The second-order valence-corrected chi connectivity index (χ2v) is 4.99. The van der Waals surface area contributed by atoms with Crippen LogP contribution < -0.4 is 15.6 Å². The predicted octanol–water partition coefficient (Wildman–Crippen LogP) is 1.59. The smallest absolute Gasteiger partial charge is 0.261 e. The molecule has 22 heavy (non-hydrogen) atoms. The maximum atomic E-state index is 12.0. The maximum absolute atomic E-state index is 12.0. The van der Waals surface area contributed by atoms with E-state index in [0.29, 0.717) is 30.9 Å². The summed E-state index contributed by atoms with van der Waals surface area (Å²) < 4.78 is 5.47. The third-order valence-corrected chi connectivity index (χ3v) is 3.10. The number of nitrogens with zero attached hydrogens (tertiary/aromatic N) is 1. The Morgan fingerprint density at radius 3 is 2.91 bits per heavy atom. The van der Waals surface area contributed by atoms with Gasteiger partial charge in [0.05, 0.1) is 12.8 Å². The van der Waals surface area contributed by atoms with Crippen molar-refractivity contribution in [1.82, 2.24) is 15.3 Å². The van der Waals surface area contributed by atoms with Crippen molar-refractivity contribution in [2.24, 2.45) is 0 Å². The quantitative estimate of drug-likeness (QED) is 0.794. The number of pyridine rings is 2. The molecule has 6 nitrogen and oxygen atoms in total. The Morgan fingerprint density at radius 1 is 1.41 bits per heavy atom. The van der Waals surface area contributed by atoms with Crippen molar-refractivity contribution in [1.29, 1.82) is 0 Å². The minimum Gasteiger partial charge on any atom is -0.492 e. The van der Waals surface area contributed by atoms with Gasteiger partial charge in [-0.05, 0) is 44.0 Å². The van der Waals surface area contributed by atoms with E-state index in [2.05, 4.69) is 15.3 Å². The van der Waals surface area contributed by atoms with Gasteiger partial charge < -0.3 is 15.0 Å². The lowest BCUT2D eigenvalue weighted by Crippen LogP contribution is -2.32. The fraction of sp³-hybridized carbons (Fsp3) is 0.312. The highest BCUT2D eigenvalue weighted by Gasteiger charge is 2.13. The zero-order chi connectivity index (χ0) is 15.9. The van der Waals surface area contributed by atoms with Crippen LogP contribution in [0.1, 0.15) is 28.0 Å². The van der Waals surface area contributed by atoms with Crippen LogP contribution in [-0.2, 0) is 0 Å². The molecule has 0 aliphatic heterocycles. The average molecular weight is 301 g/mol. The summed E-state index contributed by atoms with van der Waals surface area (Å²) in [4.78, 5) is 30.5. The van der Waals surface area contributed by atoms with Crippen molar-refractivity contribution in [2.45, 2.75) is 20.3 Å². The minimum absolute atomic E-state index is 0.166. The number of aromatic nitrogens is 2.